The van der Waals surface area contributed by atoms with Crippen LogP contribution in [0, 0.1) is 11.8 Å². The topological polar surface area (TPSA) is 101 Å². The molecular formula is C31H25Cl3N2O6. The number of benzene rings is 3. The first-order chi connectivity index (χ1) is 20.0. The molecule has 0 radical (unpaired) electrons. The average molecular weight is 628 g/mol. The Morgan fingerprint density at radius 3 is 2.29 bits per heavy atom. The fraction of sp³-hybridized carbons (Fsp3) is 0.161. The number of carbonyl (C=O) groups excluding carboxylic acids is 1. The van der Waals surface area contributed by atoms with Crippen molar-refractivity contribution in [2.24, 2.45) is 0 Å². The average Bonchev–Trinajstić information content (AvgIpc) is 2.98. The Bertz CT molecular complexity index is 1650. The second-order valence-corrected chi connectivity index (χ2v) is 11.1. The van der Waals surface area contributed by atoms with Crippen molar-refractivity contribution in [3.63, 3.8) is 0 Å². The van der Waals surface area contributed by atoms with Crippen molar-refractivity contribution < 1.29 is 29.2 Å². The van der Waals surface area contributed by atoms with Crippen LogP contribution in [-0.2, 0) is 4.79 Å². The number of ether oxygens (including phenoxy) is 3. The number of hydrogen-bond donors (Lipinski definition) is 2. The Hall–Kier alpha value is -4.29. The summed E-state index contributed by atoms with van der Waals surface area (Å²) in [7, 11) is 4.32. The van der Waals surface area contributed by atoms with Crippen LogP contribution in [0.1, 0.15) is 5.69 Å². The largest absolute Gasteiger partial charge is 0.508 e. The Kier molecular flexibility index (Phi) is 9.59. The minimum atomic E-state index is -2.24. The molecular weight excluding hydrogens is 603 g/mol. The van der Waals surface area contributed by atoms with Crippen LogP contribution in [0.15, 0.2) is 72.9 Å². The number of anilines is 1. The molecule has 0 saturated heterocycles. The van der Waals surface area contributed by atoms with E-state index in [1.165, 1.54) is 33.4 Å². The number of alkyl halides is 3. The highest BCUT2D eigenvalue weighted by atomic mass is 35.6. The number of carbonyl (C=O) groups is 1. The second-order valence-electron chi connectivity index (χ2n) is 8.78. The summed E-state index contributed by atoms with van der Waals surface area (Å²) in [5, 5.41) is 21.1. The van der Waals surface area contributed by atoms with Gasteiger partial charge >= 0.3 is 0 Å². The molecule has 1 amide bonds. The van der Waals surface area contributed by atoms with Crippen molar-refractivity contribution in [2.75, 3.05) is 32.8 Å². The molecule has 1 heterocycles. The van der Waals surface area contributed by atoms with E-state index in [2.05, 4.69) is 16.8 Å². The molecule has 0 saturated carbocycles. The van der Waals surface area contributed by atoms with E-state index >= 15 is 0 Å². The molecule has 1 aromatic heterocycles. The quantitative estimate of drug-likeness (QED) is 0.176. The predicted molar refractivity (Wildman–Crippen MR) is 164 cm³/mol. The molecule has 0 bridgehead atoms. The van der Waals surface area contributed by atoms with Crippen LogP contribution in [0.3, 0.4) is 0 Å². The standard InChI is InChI=1S/C31H25Cl3N2O6/c1-36(30(39)31(32,33)34)24-17-20(11-14-25(24)42-16-6-8-21-7-4-5-15-35-21)27-26(40-2)18-23(29(41-3)28(27)38)19-9-12-22(37)13-10-19/h4-5,7,9-15,17-18,37-38H,16H2,1-3H3. The van der Waals surface area contributed by atoms with E-state index in [1.807, 2.05) is 6.07 Å². The van der Waals surface area contributed by atoms with Crippen LogP contribution in [0.25, 0.3) is 22.3 Å². The van der Waals surface area contributed by atoms with Gasteiger partial charge in [-0.05, 0) is 59.5 Å². The molecule has 3 aromatic carbocycles. The van der Waals surface area contributed by atoms with Gasteiger partial charge < -0.3 is 29.3 Å². The Balaban J connectivity index is 1.81. The van der Waals surface area contributed by atoms with E-state index in [-0.39, 0.29) is 40.9 Å². The highest BCUT2D eigenvalue weighted by molar-refractivity contribution is 6.77. The SMILES string of the molecule is COc1cc(-c2ccc(O)cc2)c(OC)c(O)c1-c1ccc(OCC#Cc2ccccn2)c(N(C)C(=O)C(Cl)(Cl)Cl)c1. The molecule has 42 heavy (non-hydrogen) atoms. The lowest BCUT2D eigenvalue weighted by Gasteiger charge is -2.25. The van der Waals surface area contributed by atoms with Crippen molar-refractivity contribution >= 4 is 46.4 Å². The summed E-state index contributed by atoms with van der Waals surface area (Å²) in [6, 6.07) is 18.4. The van der Waals surface area contributed by atoms with Crippen molar-refractivity contribution in [1.29, 1.82) is 0 Å². The molecule has 0 aliphatic carbocycles. The zero-order valence-corrected chi connectivity index (χ0v) is 25.0. The first-order valence-electron chi connectivity index (χ1n) is 12.3. The first-order valence-corrected chi connectivity index (χ1v) is 13.5. The van der Waals surface area contributed by atoms with Crippen LogP contribution < -0.4 is 19.1 Å². The molecule has 0 spiro atoms. The maximum Gasteiger partial charge on any atom is 0.278 e. The number of pyridine rings is 1. The number of amides is 1. The highest BCUT2D eigenvalue weighted by Crippen LogP contribution is 2.50. The summed E-state index contributed by atoms with van der Waals surface area (Å²) in [4.78, 5) is 18.2. The van der Waals surface area contributed by atoms with E-state index in [9.17, 15) is 15.0 Å². The monoisotopic (exact) mass is 626 g/mol. The summed E-state index contributed by atoms with van der Waals surface area (Å²) in [5.41, 5.74) is 2.76. The Morgan fingerprint density at radius 2 is 1.67 bits per heavy atom. The molecule has 4 aromatic rings. The third-order valence-corrected chi connectivity index (χ3v) is 6.64. The number of aromatic nitrogens is 1. The van der Waals surface area contributed by atoms with E-state index in [0.29, 0.717) is 28.1 Å². The van der Waals surface area contributed by atoms with E-state index < -0.39 is 9.70 Å². The lowest BCUT2D eigenvalue weighted by Crippen LogP contribution is -2.36. The summed E-state index contributed by atoms with van der Waals surface area (Å²) in [6.07, 6.45) is 1.63. The van der Waals surface area contributed by atoms with Gasteiger partial charge in [-0.1, -0.05) is 65.0 Å². The maximum atomic E-state index is 12.9. The van der Waals surface area contributed by atoms with Crippen LogP contribution in [0.4, 0.5) is 5.69 Å². The number of hydrogen-bond acceptors (Lipinski definition) is 7. The van der Waals surface area contributed by atoms with Crippen LogP contribution in [0.2, 0.25) is 0 Å². The van der Waals surface area contributed by atoms with Crippen LogP contribution in [0.5, 0.6) is 28.7 Å². The summed E-state index contributed by atoms with van der Waals surface area (Å²) >= 11 is 17.7. The summed E-state index contributed by atoms with van der Waals surface area (Å²) in [6.45, 7) is -0.0254. The number of aromatic hydroxyl groups is 2. The highest BCUT2D eigenvalue weighted by Gasteiger charge is 2.35. The summed E-state index contributed by atoms with van der Waals surface area (Å²) in [5.74, 6) is 5.59. The van der Waals surface area contributed by atoms with Crippen LogP contribution >= 0.6 is 34.8 Å². The van der Waals surface area contributed by atoms with Gasteiger partial charge in [-0.2, -0.15) is 0 Å². The van der Waals surface area contributed by atoms with E-state index in [1.54, 1.807) is 54.7 Å². The van der Waals surface area contributed by atoms with Crippen molar-refractivity contribution in [3.05, 3.63) is 78.6 Å². The molecule has 0 atom stereocenters. The van der Waals surface area contributed by atoms with Gasteiger partial charge in [-0.15, -0.1) is 0 Å². The van der Waals surface area contributed by atoms with E-state index in [4.69, 9.17) is 49.0 Å². The molecule has 0 unspecified atom stereocenters. The normalized spacial score (nSPS) is 10.8. The fourth-order valence-electron chi connectivity index (χ4n) is 4.16. The fourth-order valence-corrected chi connectivity index (χ4v) is 4.54. The molecule has 4 rings (SSSR count). The summed E-state index contributed by atoms with van der Waals surface area (Å²) < 4.78 is 14.9. The smallest absolute Gasteiger partial charge is 0.278 e. The number of nitrogens with zero attached hydrogens (tertiary/aromatic N) is 2. The second kappa shape index (κ2) is 13.1. The first kappa shape index (κ1) is 30.7. The molecule has 8 nitrogen and oxygen atoms in total. The van der Waals surface area contributed by atoms with Gasteiger partial charge in [-0.25, -0.2) is 4.98 Å². The van der Waals surface area contributed by atoms with Gasteiger partial charge in [0.05, 0.1) is 25.5 Å². The molecule has 0 aliphatic heterocycles. The Labute approximate surface area is 258 Å². The number of phenolic OH excluding ortho intramolecular Hbond substituents is 2. The predicted octanol–water partition coefficient (Wildman–Crippen LogP) is 6.61. The van der Waals surface area contributed by atoms with Gasteiger partial charge in [0, 0.05) is 18.8 Å². The number of halogens is 3. The van der Waals surface area contributed by atoms with Gasteiger partial charge in [0.1, 0.15) is 29.5 Å². The zero-order chi connectivity index (χ0) is 30.4. The third kappa shape index (κ3) is 6.77. The third-order valence-electron chi connectivity index (χ3n) is 6.16. The van der Waals surface area contributed by atoms with Gasteiger partial charge in [0.2, 0.25) is 0 Å². The lowest BCUT2D eigenvalue weighted by molar-refractivity contribution is -0.117. The van der Waals surface area contributed by atoms with Crippen molar-refractivity contribution in [3.8, 4) is 62.8 Å². The molecule has 11 heteroatoms. The number of rotatable bonds is 7. The molecule has 2 N–H and O–H groups in total. The molecule has 216 valence electrons. The van der Waals surface area contributed by atoms with Gasteiger partial charge in [0.15, 0.2) is 11.5 Å². The number of phenols is 2. The van der Waals surface area contributed by atoms with Crippen molar-refractivity contribution in [2.45, 2.75) is 3.79 Å². The van der Waals surface area contributed by atoms with Crippen molar-refractivity contribution in [1.82, 2.24) is 4.98 Å². The lowest BCUT2D eigenvalue weighted by atomic mass is 9.96. The molecule has 0 aliphatic rings. The molecule has 0 fully saturated rings. The zero-order valence-electron chi connectivity index (χ0n) is 22.7. The number of methoxy groups -OCH3 is 2. The minimum absolute atomic E-state index is 0.0254. The van der Waals surface area contributed by atoms with Crippen LogP contribution in [-0.4, -0.2) is 52.8 Å². The Morgan fingerprint density at radius 1 is 0.952 bits per heavy atom. The van der Waals surface area contributed by atoms with Gasteiger partial charge in [0.25, 0.3) is 9.70 Å². The minimum Gasteiger partial charge on any atom is -0.508 e. The van der Waals surface area contributed by atoms with Gasteiger partial charge in [-0.3, -0.25) is 4.79 Å². The van der Waals surface area contributed by atoms with E-state index in [0.717, 1.165) is 4.90 Å². The maximum absolute atomic E-state index is 12.9.